The second-order valence-corrected chi connectivity index (χ2v) is 2.28. The van der Waals surface area contributed by atoms with Gasteiger partial charge < -0.3 is 0 Å². The van der Waals surface area contributed by atoms with Gasteiger partial charge in [-0.05, 0) is 18.2 Å². The number of benzene rings is 1. The van der Waals surface area contributed by atoms with Crippen LogP contribution >= 0.6 is 0 Å². The van der Waals surface area contributed by atoms with Crippen molar-refractivity contribution >= 4 is 10.8 Å². The van der Waals surface area contributed by atoms with Gasteiger partial charge in [-0.2, -0.15) is 10.2 Å². The van der Waals surface area contributed by atoms with Gasteiger partial charge in [0.25, 0.3) is 0 Å². The molecule has 0 amide bonds. The van der Waals surface area contributed by atoms with Crippen molar-refractivity contribution in [2.75, 3.05) is 0 Å². The van der Waals surface area contributed by atoms with Gasteiger partial charge in [-0.1, -0.05) is 0 Å². The quantitative estimate of drug-likeness (QED) is 0.567. The number of hydrogen-bond donors (Lipinski definition) is 0. The average Bonchev–Trinajstić information content (AvgIpc) is 2.04. The van der Waals surface area contributed by atoms with Crippen LogP contribution < -0.4 is 0 Å². The predicted molar refractivity (Wildman–Crippen MR) is 39.7 cm³/mol. The largest absolute Gasteiger partial charge is 0.290 e. The molecule has 2 rings (SSSR count). The summed E-state index contributed by atoms with van der Waals surface area (Å²) in [7, 11) is 0. The molecule has 0 saturated carbocycles. The monoisotopic (exact) mass is 145 g/mol. The number of nitrogens with zero attached hydrogens (tertiary/aromatic N) is 2. The van der Waals surface area contributed by atoms with Gasteiger partial charge in [0.15, 0.2) is 5.75 Å². The minimum absolute atomic E-state index is 0.00509. The summed E-state index contributed by atoms with van der Waals surface area (Å²) >= 11 is 0. The Labute approximate surface area is 63.3 Å². The van der Waals surface area contributed by atoms with Crippen LogP contribution in [0.4, 0.5) is 0 Å². The summed E-state index contributed by atoms with van der Waals surface area (Å²) in [6.07, 6.45) is 3.21. The van der Waals surface area contributed by atoms with Crippen LogP contribution in [-0.2, 0) is 5.11 Å². The molecule has 1 radical (unpaired) electrons. The Hall–Kier alpha value is -1.64. The molecule has 0 saturated heterocycles. The number of fused-ring (bicyclic) bond motifs is 1. The molecule has 0 aliphatic rings. The zero-order chi connectivity index (χ0) is 7.68. The lowest BCUT2D eigenvalue weighted by Gasteiger charge is -1.92. The van der Waals surface area contributed by atoms with E-state index in [0.717, 1.165) is 10.8 Å². The lowest BCUT2D eigenvalue weighted by molar-refractivity contribution is 0.355. The molecular weight excluding hydrogens is 140 g/mol. The van der Waals surface area contributed by atoms with E-state index in [4.69, 9.17) is 0 Å². The van der Waals surface area contributed by atoms with E-state index >= 15 is 0 Å². The second kappa shape index (κ2) is 2.20. The molecule has 1 aromatic carbocycles. The van der Waals surface area contributed by atoms with Crippen molar-refractivity contribution in [3.05, 3.63) is 30.6 Å². The van der Waals surface area contributed by atoms with E-state index in [1.54, 1.807) is 24.5 Å². The van der Waals surface area contributed by atoms with Gasteiger partial charge in [0.1, 0.15) is 0 Å². The summed E-state index contributed by atoms with van der Waals surface area (Å²) in [5, 5.41) is 20.0. The summed E-state index contributed by atoms with van der Waals surface area (Å²) in [4.78, 5) is 0. The highest BCUT2D eigenvalue weighted by molar-refractivity contribution is 5.81. The molecular formula is C8H5N2O. The molecule has 0 N–H and O–H groups in total. The van der Waals surface area contributed by atoms with Crippen LogP contribution in [0.25, 0.3) is 10.8 Å². The van der Waals surface area contributed by atoms with E-state index in [0.29, 0.717) is 0 Å². The Balaban J connectivity index is 2.83. The Morgan fingerprint density at radius 3 is 2.55 bits per heavy atom. The molecule has 1 aromatic heterocycles. The smallest absolute Gasteiger partial charge is 0.179 e. The van der Waals surface area contributed by atoms with Crippen LogP contribution in [-0.4, -0.2) is 10.2 Å². The van der Waals surface area contributed by atoms with E-state index in [2.05, 4.69) is 10.2 Å². The molecule has 0 fully saturated rings. The maximum Gasteiger partial charge on any atom is 0.179 e. The predicted octanol–water partition coefficient (Wildman–Crippen LogP) is 1.77. The minimum Gasteiger partial charge on any atom is -0.290 e. The summed E-state index contributed by atoms with van der Waals surface area (Å²) in [6, 6.07) is 4.81. The maximum atomic E-state index is 10.8. The maximum absolute atomic E-state index is 10.8. The molecule has 3 nitrogen and oxygen atoms in total. The lowest BCUT2D eigenvalue weighted by Crippen LogP contribution is -1.78. The fraction of sp³-hybridized carbons (Fsp3) is 0. The SMILES string of the molecule is [O]c1ccc2cnncc2c1. The van der Waals surface area contributed by atoms with Gasteiger partial charge in [-0.3, -0.25) is 5.11 Å². The Bertz CT molecular complexity index is 387. The lowest BCUT2D eigenvalue weighted by atomic mass is 10.2. The number of rotatable bonds is 0. The van der Waals surface area contributed by atoms with E-state index in [9.17, 15) is 5.11 Å². The van der Waals surface area contributed by atoms with Crippen molar-refractivity contribution in [3.63, 3.8) is 0 Å². The Morgan fingerprint density at radius 1 is 1.00 bits per heavy atom. The van der Waals surface area contributed by atoms with Crippen LogP contribution in [0.2, 0.25) is 0 Å². The molecule has 0 unspecified atom stereocenters. The van der Waals surface area contributed by atoms with Crippen LogP contribution in [0.5, 0.6) is 5.75 Å². The minimum atomic E-state index is 0.00509. The Morgan fingerprint density at radius 2 is 1.73 bits per heavy atom. The van der Waals surface area contributed by atoms with Crippen LogP contribution in [0.1, 0.15) is 0 Å². The highest BCUT2D eigenvalue weighted by Crippen LogP contribution is 2.17. The average molecular weight is 145 g/mol. The van der Waals surface area contributed by atoms with Crippen molar-refractivity contribution in [2.45, 2.75) is 0 Å². The van der Waals surface area contributed by atoms with Crippen molar-refractivity contribution in [1.29, 1.82) is 0 Å². The fourth-order valence-electron chi connectivity index (χ4n) is 0.973. The topological polar surface area (TPSA) is 45.7 Å². The van der Waals surface area contributed by atoms with Gasteiger partial charge in [-0.25, -0.2) is 0 Å². The highest BCUT2D eigenvalue weighted by Gasteiger charge is 1.94. The molecule has 0 aliphatic carbocycles. The van der Waals surface area contributed by atoms with Gasteiger partial charge in [0, 0.05) is 10.8 Å². The molecule has 3 heteroatoms. The fourth-order valence-corrected chi connectivity index (χ4v) is 0.973. The molecule has 0 aliphatic heterocycles. The summed E-state index contributed by atoms with van der Waals surface area (Å²) in [6.45, 7) is 0. The van der Waals surface area contributed by atoms with Crippen LogP contribution in [0.15, 0.2) is 30.6 Å². The van der Waals surface area contributed by atoms with Crippen LogP contribution in [0, 0.1) is 0 Å². The standard InChI is InChI=1S/C8H5N2O/c11-8-2-1-6-4-9-10-5-7(6)3-8/h1-5H. The molecule has 0 spiro atoms. The first-order chi connectivity index (χ1) is 5.36. The first-order valence-corrected chi connectivity index (χ1v) is 3.24. The summed E-state index contributed by atoms with van der Waals surface area (Å²) < 4.78 is 0. The molecule has 11 heavy (non-hydrogen) atoms. The molecule has 0 bridgehead atoms. The molecule has 0 atom stereocenters. The van der Waals surface area contributed by atoms with Gasteiger partial charge in [0.05, 0.1) is 12.4 Å². The first kappa shape index (κ1) is 6.09. The summed E-state index contributed by atoms with van der Waals surface area (Å²) in [5.41, 5.74) is 0. The summed E-state index contributed by atoms with van der Waals surface area (Å²) in [5.74, 6) is 0.00509. The van der Waals surface area contributed by atoms with Crippen molar-refractivity contribution < 1.29 is 5.11 Å². The first-order valence-electron chi connectivity index (χ1n) is 3.24. The number of aromatic nitrogens is 2. The second-order valence-electron chi connectivity index (χ2n) is 2.28. The van der Waals surface area contributed by atoms with E-state index < -0.39 is 0 Å². The third-order valence-corrected chi connectivity index (χ3v) is 1.52. The third kappa shape index (κ3) is 1.00. The van der Waals surface area contributed by atoms with Gasteiger partial charge in [-0.15, -0.1) is 0 Å². The third-order valence-electron chi connectivity index (χ3n) is 1.52. The molecule has 1 heterocycles. The number of hydrogen-bond acceptors (Lipinski definition) is 2. The Kier molecular flexibility index (Phi) is 1.22. The zero-order valence-corrected chi connectivity index (χ0v) is 5.69. The van der Waals surface area contributed by atoms with E-state index in [-0.39, 0.29) is 5.75 Å². The highest BCUT2D eigenvalue weighted by atomic mass is 16.3. The van der Waals surface area contributed by atoms with Crippen molar-refractivity contribution in [3.8, 4) is 5.75 Å². The van der Waals surface area contributed by atoms with Gasteiger partial charge >= 0.3 is 0 Å². The molecule has 53 valence electrons. The molecule has 2 aromatic rings. The van der Waals surface area contributed by atoms with Crippen molar-refractivity contribution in [2.24, 2.45) is 0 Å². The van der Waals surface area contributed by atoms with Crippen molar-refractivity contribution in [1.82, 2.24) is 10.2 Å². The van der Waals surface area contributed by atoms with Crippen LogP contribution in [0.3, 0.4) is 0 Å². The van der Waals surface area contributed by atoms with E-state index in [1.807, 2.05) is 0 Å². The zero-order valence-electron chi connectivity index (χ0n) is 5.69. The van der Waals surface area contributed by atoms with E-state index in [1.165, 1.54) is 6.07 Å². The van der Waals surface area contributed by atoms with Gasteiger partial charge in [0.2, 0.25) is 0 Å². The normalized spacial score (nSPS) is 10.2.